The van der Waals surface area contributed by atoms with Gasteiger partial charge in [-0.1, -0.05) is 19.9 Å². The fourth-order valence-corrected chi connectivity index (χ4v) is 2.41. The minimum atomic E-state index is -0.402. The highest BCUT2D eigenvalue weighted by Crippen LogP contribution is 2.39. The molecule has 0 aromatic heterocycles. The Bertz CT molecular complexity index is 176. The summed E-state index contributed by atoms with van der Waals surface area (Å²) in [5.74, 6) is 1.25. The van der Waals surface area contributed by atoms with Gasteiger partial charge in [0.1, 0.15) is 0 Å². The lowest BCUT2D eigenvalue weighted by Crippen LogP contribution is -2.40. The Morgan fingerprint density at radius 3 is 2.77 bits per heavy atom. The molecule has 1 N–H and O–H groups in total. The van der Waals surface area contributed by atoms with E-state index < -0.39 is 5.60 Å². The van der Waals surface area contributed by atoms with Crippen LogP contribution in [-0.4, -0.2) is 10.7 Å². The molecule has 3 atom stereocenters. The minimum absolute atomic E-state index is 0.402. The molecule has 1 rings (SSSR count). The van der Waals surface area contributed by atoms with Gasteiger partial charge < -0.3 is 5.11 Å². The lowest BCUT2D eigenvalue weighted by Gasteiger charge is -2.40. The molecule has 1 fully saturated rings. The molecule has 76 valence electrons. The average Bonchev–Trinajstić information content (AvgIpc) is 2.09. The first kappa shape index (κ1) is 10.8. The number of allylic oxidation sites excluding steroid dienone is 1. The van der Waals surface area contributed by atoms with Crippen LogP contribution in [-0.2, 0) is 0 Å². The predicted octanol–water partition coefficient (Wildman–Crippen LogP) is 3.14. The SMILES string of the molecule is C=CCCC1(O)CCC(C)CC1C. The average molecular weight is 182 g/mol. The van der Waals surface area contributed by atoms with Crippen LogP contribution in [0.2, 0.25) is 0 Å². The van der Waals surface area contributed by atoms with Gasteiger partial charge in [0.05, 0.1) is 5.60 Å². The van der Waals surface area contributed by atoms with Gasteiger partial charge in [0.25, 0.3) is 0 Å². The molecule has 0 heterocycles. The van der Waals surface area contributed by atoms with E-state index in [0.717, 1.165) is 25.2 Å². The van der Waals surface area contributed by atoms with Crippen molar-refractivity contribution in [2.45, 2.75) is 51.6 Å². The summed E-state index contributed by atoms with van der Waals surface area (Å²) in [6.45, 7) is 8.17. The molecule has 1 saturated carbocycles. The molecule has 0 aromatic rings. The molecule has 1 aliphatic rings. The van der Waals surface area contributed by atoms with E-state index in [1.54, 1.807) is 0 Å². The van der Waals surface area contributed by atoms with Crippen LogP contribution in [0.15, 0.2) is 12.7 Å². The smallest absolute Gasteiger partial charge is 0.0676 e. The highest BCUT2D eigenvalue weighted by Gasteiger charge is 2.37. The van der Waals surface area contributed by atoms with Crippen molar-refractivity contribution in [3.63, 3.8) is 0 Å². The highest BCUT2D eigenvalue weighted by atomic mass is 16.3. The van der Waals surface area contributed by atoms with Crippen molar-refractivity contribution in [1.82, 2.24) is 0 Å². The number of aliphatic hydroxyl groups is 1. The molecule has 13 heavy (non-hydrogen) atoms. The van der Waals surface area contributed by atoms with Crippen LogP contribution in [0.4, 0.5) is 0 Å². The summed E-state index contributed by atoms with van der Waals surface area (Å²) in [7, 11) is 0. The summed E-state index contributed by atoms with van der Waals surface area (Å²) in [6, 6.07) is 0. The molecule has 0 aliphatic heterocycles. The van der Waals surface area contributed by atoms with Crippen molar-refractivity contribution in [2.75, 3.05) is 0 Å². The van der Waals surface area contributed by atoms with Crippen molar-refractivity contribution in [2.24, 2.45) is 11.8 Å². The lowest BCUT2D eigenvalue weighted by atomic mass is 9.70. The lowest BCUT2D eigenvalue weighted by molar-refractivity contribution is -0.0583. The van der Waals surface area contributed by atoms with Crippen LogP contribution in [0.25, 0.3) is 0 Å². The van der Waals surface area contributed by atoms with Gasteiger partial charge in [-0.05, 0) is 43.9 Å². The largest absolute Gasteiger partial charge is 0.390 e. The third kappa shape index (κ3) is 2.57. The van der Waals surface area contributed by atoms with E-state index in [4.69, 9.17) is 0 Å². The first-order valence-electron chi connectivity index (χ1n) is 5.42. The van der Waals surface area contributed by atoms with E-state index >= 15 is 0 Å². The van der Waals surface area contributed by atoms with E-state index in [0.29, 0.717) is 5.92 Å². The summed E-state index contributed by atoms with van der Waals surface area (Å²) in [5.41, 5.74) is -0.402. The molecule has 1 heteroatoms. The molecule has 3 unspecified atom stereocenters. The highest BCUT2D eigenvalue weighted by molar-refractivity contribution is 4.91. The Kier molecular flexibility index (Phi) is 3.55. The maximum absolute atomic E-state index is 10.3. The fourth-order valence-electron chi connectivity index (χ4n) is 2.41. The van der Waals surface area contributed by atoms with Crippen LogP contribution < -0.4 is 0 Å². The van der Waals surface area contributed by atoms with Crippen molar-refractivity contribution >= 4 is 0 Å². The normalized spacial score (nSPS) is 40.2. The Morgan fingerprint density at radius 1 is 1.54 bits per heavy atom. The first-order valence-corrected chi connectivity index (χ1v) is 5.42. The number of hydrogen-bond acceptors (Lipinski definition) is 1. The summed E-state index contributed by atoms with van der Waals surface area (Å²) in [6.07, 6.45) is 7.07. The van der Waals surface area contributed by atoms with Crippen molar-refractivity contribution < 1.29 is 5.11 Å². The van der Waals surface area contributed by atoms with Gasteiger partial charge in [-0.2, -0.15) is 0 Å². The maximum Gasteiger partial charge on any atom is 0.0676 e. The number of hydrogen-bond donors (Lipinski definition) is 1. The van der Waals surface area contributed by atoms with E-state index in [2.05, 4.69) is 20.4 Å². The minimum Gasteiger partial charge on any atom is -0.390 e. The fraction of sp³-hybridized carbons (Fsp3) is 0.833. The topological polar surface area (TPSA) is 20.2 Å². The summed E-state index contributed by atoms with van der Waals surface area (Å²) in [4.78, 5) is 0. The second kappa shape index (κ2) is 4.28. The van der Waals surface area contributed by atoms with Crippen LogP contribution in [0.3, 0.4) is 0 Å². The molecule has 0 saturated heterocycles. The molecule has 0 spiro atoms. The quantitative estimate of drug-likeness (QED) is 0.665. The summed E-state index contributed by atoms with van der Waals surface area (Å²) < 4.78 is 0. The molecule has 0 aromatic carbocycles. The van der Waals surface area contributed by atoms with Crippen LogP contribution in [0.1, 0.15) is 46.0 Å². The Hall–Kier alpha value is -0.300. The third-order valence-electron chi connectivity index (χ3n) is 3.52. The van der Waals surface area contributed by atoms with Gasteiger partial charge >= 0.3 is 0 Å². The third-order valence-corrected chi connectivity index (χ3v) is 3.52. The van der Waals surface area contributed by atoms with Crippen LogP contribution in [0, 0.1) is 11.8 Å². The van der Waals surface area contributed by atoms with E-state index in [9.17, 15) is 5.11 Å². The van der Waals surface area contributed by atoms with Crippen molar-refractivity contribution in [3.05, 3.63) is 12.7 Å². The van der Waals surface area contributed by atoms with Crippen molar-refractivity contribution in [1.29, 1.82) is 0 Å². The van der Waals surface area contributed by atoms with Crippen LogP contribution >= 0.6 is 0 Å². The summed E-state index contributed by atoms with van der Waals surface area (Å²) >= 11 is 0. The van der Waals surface area contributed by atoms with E-state index in [1.165, 1.54) is 12.8 Å². The van der Waals surface area contributed by atoms with Gasteiger partial charge in [-0.25, -0.2) is 0 Å². The predicted molar refractivity (Wildman–Crippen MR) is 56.6 cm³/mol. The van der Waals surface area contributed by atoms with Gasteiger partial charge in [0.15, 0.2) is 0 Å². The monoisotopic (exact) mass is 182 g/mol. The number of rotatable bonds is 3. The Labute approximate surface area is 81.9 Å². The standard InChI is InChI=1S/C12H22O/c1-4-5-7-12(13)8-6-10(2)9-11(12)3/h4,10-11,13H,1,5-9H2,2-3H3. The van der Waals surface area contributed by atoms with Gasteiger partial charge in [0.2, 0.25) is 0 Å². The Balaban J connectivity index is 2.51. The maximum atomic E-state index is 10.3. The Morgan fingerprint density at radius 2 is 2.23 bits per heavy atom. The van der Waals surface area contributed by atoms with E-state index in [1.807, 2.05) is 6.08 Å². The molecular weight excluding hydrogens is 160 g/mol. The first-order chi connectivity index (χ1) is 6.08. The molecule has 0 bridgehead atoms. The molecular formula is C12H22O. The summed E-state index contributed by atoms with van der Waals surface area (Å²) in [5, 5.41) is 10.3. The van der Waals surface area contributed by atoms with Gasteiger partial charge in [0, 0.05) is 0 Å². The van der Waals surface area contributed by atoms with Crippen molar-refractivity contribution in [3.8, 4) is 0 Å². The molecule has 0 amide bonds. The molecule has 1 aliphatic carbocycles. The second-order valence-electron chi connectivity index (χ2n) is 4.71. The zero-order chi connectivity index (χ0) is 9.90. The molecule has 1 nitrogen and oxygen atoms in total. The van der Waals surface area contributed by atoms with E-state index in [-0.39, 0.29) is 0 Å². The van der Waals surface area contributed by atoms with Gasteiger partial charge in [-0.3, -0.25) is 0 Å². The zero-order valence-corrected chi connectivity index (χ0v) is 8.92. The zero-order valence-electron chi connectivity index (χ0n) is 8.92. The van der Waals surface area contributed by atoms with Gasteiger partial charge in [-0.15, -0.1) is 6.58 Å². The molecule has 0 radical (unpaired) electrons. The second-order valence-corrected chi connectivity index (χ2v) is 4.71. The van der Waals surface area contributed by atoms with Crippen LogP contribution in [0.5, 0.6) is 0 Å².